The van der Waals surface area contributed by atoms with Gasteiger partial charge >= 0.3 is 13.6 Å². The summed E-state index contributed by atoms with van der Waals surface area (Å²) in [7, 11) is -4.44. The molecule has 3 atom stereocenters. The molecule has 0 spiro atoms. The first-order valence-electron chi connectivity index (χ1n) is 21.2. The number of benzene rings is 1. The summed E-state index contributed by atoms with van der Waals surface area (Å²) in [5.74, 6) is -7.34. The predicted molar refractivity (Wildman–Crippen MR) is 231 cm³/mol. The van der Waals surface area contributed by atoms with Gasteiger partial charge in [-0.1, -0.05) is 12.1 Å². The normalized spacial score (nSPS) is 15.2. The van der Waals surface area contributed by atoms with Crippen LogP contribution in [0.1, 0.15) is 31.2 Å². The number of imide groups is 1. The first-order chi connectivity index (χ1) is 32.4. The second-order valence-corrected chi connectivity index (χ2v) is 16.4. The first kappa shape index (κ1) is 56.1. The molecule has 0 unspecified atom stereocenters. The van der Waals surface area contributed by atoms with Crippen molar-refractivity contribution in [2.45, 2.75) is 50.4 Å². The molecule has 1 fully saturated rings. The molecule has 2 heterocycles. The molecule has 0 bridgehead atoms. The zero-order chi connectivity index (χ0) is 49.9. The van der Waals surface area contributed by atoms with Gasteiger partial charge in [-0.15, -0.1) is 0 Å². The summed E-state index contributed by atoms with van der Waals surface area (Å²) in [5.41, 5.74) is 1.07. The SMILES string of the molecule is O=C(CCP(=O)(O)O)NC[C@@H](C(=O)NCCOCCOCCOCCOCCC(=O)N[C@@H](CC(=O)N[C@H]1CCOC1=O)C(=O)NCC(=O)NCC(=O)Nc1ccc(CO)cc1)N1C(=O)C=CC1=O. The Labute approximate surface area is 389 Å². The van der Waals surface area contributed by atoms with Crippen LogP contribution in [-0.4, -0.2) is 189 Å². The quantitative estimate of drug-likeness (QED) is 0.0137. The third-order valence-electron chi connectivity index (χ3n) is 9.32. The molecule has 2 aliphatic heterocycles. The number of carbonyl (C=O) groups excluding carboxylic acids is 10. The van der Waals surface area contributed by atoms with Crippen molar-refractivity contribution >= 4 is 72.4 Å². The molecular weight excluding hydrogens is 927 g/mol. The highest BCUT2D eigenvalue weighted by Gasteiger charge is 2.36. The summed E-state index contributed by atoms with van der Waals surface area (Å²) in [6, 6.07) is 2.57. The molecule has 1 aromatic carbocycles. The highest BCUT2D eigenvalue weighted by Crippen LogP contribution is 2.34. The second kappa shape index (κ2) is 30.2. The Morgan fingerprint density at radius 3 is 1.90 bits per heavy atom. The number of hydrogen-bond acceptors (Lipinski definition) is 17. The topological polar surface area (TPSA) is 382 Å². The molecule has 3 rings (SSSR count). The molecule has 0 saturated carbocycles. The number of cyclic esters (lactones) is 1. The van der Waals surface area contributed by atoms with E-state index in [2.05, 4.69) is 37.2 Å². The van der Waals surface area contributed by atoms with Crippen LogP contribution < -0.4 is 37.2 Å². The summed E-state index contributed by atoms with van der Waals surface area (Å²) in [6.07, 6.45) is 0.105. The fraction of sp³-hybridized carbons (Fsp3) is 0.550. The van der Waals surface area contributed by atoms with Gasteiger partial charge in [-0.05, 0) is 17.7 Å². The number of anilines is 1. The van der Waals surface area contributed by atoms with Gasteiger partial charge in [0.15, 0.2) is 0 Å². The molecule has 2 aliphatic rings. The minimum Gasteiger partial charge on any atom is -0.464 e. The monoisotopic (exact) mass is 984 g/mol. The van der Waals surface area contributed by atoms with Crippen molar-refractivity contribution in [3.05, 3.63) is 42.0 Å². The molecule has 376 valence electrons. The van der Waals surface area contributed by atoms with Crippen LogP contribution in [0.3, 0.4) is 0 Å². The third-order valence-corrected chi connectivity index (χ3v) is 10.1. The average molecular weight is 985 g/mol. The van der Waals surface area contributed by atoms with Crippen LogP contribution in [0, 0.1) is 0 Å². The molecule has 28 heteroatoms. The van der Waals surface area contributed by atoms with Gasteiger partial charge in [-0.25, -0.2) is 4.79 Å². The minimum absolute atomic E-state index is 0.0245. The number of nitrogens with zero attached hydrogens (tertiary/aromatic N) is 1. The Morgan fingerprint density at radius 2 is 1.31 bits per heavy atom. The molecule has 0 aliphatic carbocycles. The summed E-state index contributed by atoms with van der Waals surface area (Å²) < 4.78 is 37.5. The van der Waals surface area contributed by atoms with Crippen LogP contribution in [0.5, 0.6) is 0 Å². The van der Waals surface area contributed by atoms with Gasteiger partial charge in [-0.2, -0.15) is 0 Å². The molecule has 1 saturated heterocycles. The van der Waals surface area contributed by atoms with E-state index in [1.54, 1.807) is 24.3 Å². The minimum atomic E-state index is -4.44. The lowest BCUT2D eigenvalue weighted by molar-refractivity contribution is -0.145. The van der Waals surface area contributed by atoms with Crippen LogP contribution in [0.25, 0.3) is 0 Å². The molecule has 0 aromatic heterocycles. The Morgan fingerprint density at radius 1 is 0.706 bits per heavy atom. The van der Waals surface area contributed by atoms with Gasteiger partial charge in [0.1, 0.15) is 18.1 Å². The number of carbonyl (C=O) groups is 10. The maximum atomic E-state index is 13.0. The van der Waals surface area contributed by atoms with Gasteiger partial charge in [-0.3, -0.25) is 52.6 Å². The zero-order valence-electron chi connectivity index (χ0n) is 36.9. The largest absolute Gasteiger partial charge is 0.464 e. The maximum absolute atomic E-state index is 13.0. The third kappa shape index (κ3) is 22.5. The summed E-state index contributed by atoms with van der Waals surface area (Å²) >= 11 is 0. The number of esters is 1. The standard InChI is InChI=1S/C40H57N8O19P/c49-25-26-1-3-27(4-2-26)45-35(54)24-43-34(53)23-44-38(57)29(21-33(52)46-28-7-12-67-40(28)59)47-32(51)8-11-63-14-16-65-18-19-66-17-15-64-13-10-41-39(58)30(48-36(55)5-6-37(48)56)22-42-31(50)9-20-68(60,61)62/h1-6,28-30,49H,7-25H2,(H,41,58)(H,42,50)(H,43,53)(H,44,57)(H,45,54)(H,46,52)(H,47,51)(H2,60,61,62)/t28-,29-,30-/m0/s1. The Bertz CT molecular complexity index is 1980. The van der Waals surface area contributed by atoms with E-state index < -0.39 is 123 Å². The number of amides is 9. The Balaban J connectivity index is 1.26. The highest BCUT2D eigenvalue weighted by molar-refractivity contribution is 7.51. The van der Waals surface area contributed by atoms with Crippen molar-refractivity contribution < 1.29 is 91.1 Å². The lowest BCUT2D eigenvalue weighted by atomic mass is 10.1. The van der Waals surface area contributed by atoms with E-state index >= 15 is 0 Å². The molecule has 1 aromatic rings. The molecule has 0 radical (unpaired) electrons. The van der Waals surface area contributed by atoms with E-state index in [1.807, 2.05) is 0 Å². The number of aliphatic hydroxyl groups excluding tert-OH is 1. The first-order valence-corrected chi connectivity index (χ1v) is 23.0. The van der Waals surface area contributed by atoms with Crippen LogP contribution >= 0.6 is 7.60 Å². The molecule has 27 nitrogen and oxygen atoms in total. The van der Waals surface area contributed by atoms with E-state index in [9.17, 15) is 52.5 Å². The maximum Gasteiger partial charge on any atom is 0.328 e. The van der Waals surface area contributed by atoms with Crippen molar-refractivity contribution in [3.63, 3.8) is 0 Å². The summed E-state index contributed by atoms with van der Waals surface area (Å²) in [4.78, 5) is 143. The number of rotatable bonds is 33. The van der Waals surface area contributed by atoms with Crippen LogP contribution in [0.15, 0.2) is 36.4 Å². The van der Waals surface area contributed by atoms with Gasteiger partial charge in [0.05, 0.1) is 91.7 Å². The zero-order valence-corrected chi connectivity index (χ0v) is 37.8. The van der Waals surface area contributed by atoms with Crippen molar-refractivity contribution in [2.24, 2.45) is 0 Å². The highest BCUT2D eigenvalue weighted by atomic mass is 31.2. The van der Waals surface area contributed by atoms with Gasteiger partial charge < -0.3 is 75.8 Å². The molecule has 10 N–H and O–H groups in total. The predicted octanol–water partition coefficient (Wildman–Crippen LogP) is -4.79. The smallest absolute Gasteiger partial charge is 0.328 e. The molecule has 9 amide bonds. The summed E-state index contributed by atoms with van der Waals surface area (Å²) in [5, 5.41) is 26.0. The van der Waals surface area contributed by atoms with E-state index in [-0.39, 0.29) is 85.5 Å². The van der Waals surface area contributed by atoms with Crippen LogP contribution in [0.2, 0.25) is 0 Å². The van der Waals surface area contributed by atoms with Crippen molar-refractivity contribution in [3.8, 4) is 0 Å². The lowest BCUT2D eigenvalue weighted by Gasteiger charge is -2.25. The van der Waals surface area contributed by atoms with Crippen LogP contribution in [-0.2, 0) is 82.8 Å². The van der Waals surface area contributed by atoms with Gasteiger partial charge in [0.25, 0.3) is 11.8 Å². The Hall–Kier alpha value is -6.19. The van der Waals surface area contributed by atoms with E-state index in [0.717, 1.165) is 12.2 Å². The fourth-order valence-corrected chi connectivity index (χ4v) is 6.32. The lowest BCUT2D eigenvalue weighted by Crippen LogP contribution is -2.55. The Kier molecular flexibility index (Phi) is 25.0. The second-order valence-electron chi connectivity index (χ2n) is 14.6. The van der Waals surface area contributed by atoms with Gasteiger partial charge in [0.2, 0.25) is 41.4 Å². The van der Waals surface area contributed by atoms with Gasteiger partial charge in [0, 0.05) is 50.2 Å². The van der Waals surface area contributed by atoms with E-state index in [0.29, 0.717) is 16.2 Å². The molecular formula is C40H57N8O19P. The average Bonchev–Trinajstić information content (AvgIpc) is 3.86. The summed E-state index contributed by atoms with van der Waals surface area (Å²) in [6.45, 7) is -0.757. The molecule has 68 heavy (non-hydrogen) atoms. The number of ether oxygens (including phenoxy) is 5. The van der Waals surface area contributed by atoms with Crippen molar-refractivity contribution in [1.82, 2.24) is 36.8 Å². The van der Waals surface area contributed by atoms with Crippen molar-refractivity contribution in [1.29, 1.82) is 0 Å². The van der Waals surface area contributed by atoms with E-state index in [1.165, 1.54) is 0 Å². The van der Waals surface area contributed by atoms with Crippen molar-refractivity contribution in [2.75, 3.05) is 97.1 Å². The van der Waals surface area contributed by atoms with Crippen LogP contribution in [0.4, 0.5) is 5.69 Å². The number of hydrogen-bond donors (Lipinski definition) is 10. The number of nitrogens with one attached hydrogen (secondary N) is 7. The van der Waals surface area contributed by atoms with E-state index in [4.69, 9.17) is 38.6 Å². The fourth-order valence-electron chi connectivity index (χ4n) is 5.83. The number of aliphatic hydroxyl groups is 1.